The summed E-state index contributed by atoms with van der Waals surface area (Å²) in [7, 11) is 0. The van der Waals surface area contributed by atoms with Gasteiger partial charge in [0.15, 0.2) is 0 Å². The van der Waals surface area contributed by atoms with E-state index in [1.165, 1.54) is 12.1 Å². The first-order chi connectivity index (χ1) is 18.3. The van der Waals surface area contributed by atoms with Crippen LogP contribution in [-0.4, -0.2) is 71.3 Å². The van der Waals surface area contributed by atoms with Crippen LogP contribution in [0, 0.1) is 0 Å². The van der Waals surface area contributed by atoms with Crippen LogP contribution in [0.15, 0.2) is 48.5 Å². The number of benzene rings is 2. The average molecular weight is 549 g/mol. The number of hydrogen-bond acceptors (Lipinski definition) is 5. The third kappa shape index (κ3) is 8.11. The zero-order valence-electron chi connectivity index (χ0n) is 23.0. The summed E-state index contributed by atoms with van der Waals surface area (Å²) in [6.45, 7) is 8.61. The molecule has 0 bridgehead atoms. The Balaban J connectivity index is 1.54. The maximum atomic E-state index is 12.8. The summed E-state index contributed by atoms with van der Waals surface area (Å²) in [6.07, 6.45) is -0.664. The van der Waals surface area contributed by atoms with Crippen molar-refractivity contribution in [2.45, 2.75) is 76.4 Å². The molecule has 1 heterocycles. The molecule has 1 aliphatic carbocycles. The Morgan fingerprint density at radius 2 is 1.56 bits per heavy atom. The molecule has 1 unspecified atom stereocenters. The van der Waals surface area contributed by atoms with Crippen molar-refractivity contribution in [3.05, 3.63) is 54.1 Å². The van der Waals surface area contributed by atoms with Gasteiger partial charge in [0, 0.05) is 38.6 Å². The molecule has 39 heavy (non-hydrogen) atoms. The van der Waals surface area contributed by atoms with Gasteiger partial charge in [0.1, 0.15) is 11.4 Å². The SMILES string of the molecule is CC(C)(C)OC(=O)N1CCN(CC(c2cccc(-c3cccc(OC(F)(F)F)c3)c2)C2(O)CCCCC2)CC1. The Labute approximate surface area is 228 Å². The van der Waals surface area contributed by atoms with Crippen LogP contribution in [0.4, 0.5) is 18.0 Å². The number of carbonyl (C=O) groups excluding carboxylic acids is 1. The van der Waals surface area contributed by atoms with E-state index in [-0.39, 0.29) is 17.8 Å². The first-order valence-electron chi connectivity index (χ1n) is 13.7. The Morgan fingerprint density at radius 1 is 0.949 bits per heavy atom. The maximum absolute atomic E-state index is 12.8. The van der Waals surface area contributed by atoms with Crippen molar-refractivity contribution >= 4 is 6.09 Å². The van der Waals surface area contributed by atoms with Crippen LogP contribution in [-0.2, 0) is 4.74 Å². The lowest BCUT2D eigenvalue weighted by Crippen LogP contribution is -2.52. The summed E-state index contributed by atoms with van der Waals surface area (Å²) >= 11 is 0. The van der Waals surface area contributed by atoms with E-state index in [4.69, 9.17) is 4.74 Å². The van der Waals surface area contributed by atoms with Gasteiger partial charge in [-0.05, 0) is 62.4 Å². The smallest absolute Gasteiger partial charge is 0.444 e. The molecule has 4 rings (SSSR count). The van der Waals surface area contributed by atoms with Crippen molar-refractivity contribution in [2.75, 3.05) is 32.7 Å². The zero-order valence-corrected chi connectivity index (χ0v) is 23.0. The van der Waals surface area contributed by atoms with Crippen LogP contribution in [0.3, 0.4) is 0 Å². The monoisotopic (exact) mass is 548 g/mol. The number of ether oxygens (including phenoxy) is 2. The molecule has 214 valence electrons. The lowest BCUT2D eigenvalue weighted by atomic mass is 9.72. The van der Waals surface area contributed by atoms with Crippen LogP contribution in [0.1, 0.15) is 64.4 Å². The lowest BCUT2D eigenvalue weighted by molar-refractivity contribution is -0.274. The molecule has 2 aromatic carbocycles. The molecule has 1 N–H and O–H groups in total. The highest BCUT2D eigenvalue weighted by Gasteiger charge is 2.40. The van der Waals surface area contributed by atoms with Crippen LogP contribution < -0.4 is 4.74 Å². The van der Waals surface area contributed by atoms with E-state index in [0.29, 0.717) is 51.1 Å². The Morgan fingerprint density at radius 3 is 2.18 bits per heavy atom. The third-order valence-electron chi connectivity index (χ3n) is 7.52. The topological polar surface area (TPSA) is 62.2 Å². The van der Waals surface area contributed by atoms with Gasteiger partial charge in [-0.1, -0.05) is 55.7 Å². The number of nitrogens with zero attached hydrogens (tertiary/aromatic N) is 2. The Hall–Kier alpha value is -2.78. The molecule has 2 fully saturated rings. The van der Waals surface area contributed by atoms with Crippen molar-refractivity contribution in [3.63, 3.8) is 0 Å². The first kappa shape index (κ1) is 29.2. The van der Waals surface area contributed by atoms with Crippen LogP contribution in [0.2, 0.25) is 0 Å². The largest absolute Gasteiger partial charge is 0.573 e. The number of rotatable bonds is 6. The summed E-state index contributed by atoms with van der Waals surface area (Å²) < 4.78 is 48.0. The molecule has 9 heteroatoms. The van der Waals surface area contributed by atoms with Gasteiger partial charge in [-0.15, -0.1) is 13.2 Å². The van der Waals surface area contributed by atoms with Crippen molar-refractivity contribution in [1.29, 1.82) is 0 Å². The molecule has 2 aliphatic rings. The number of piperazine rings is 1. The normalized spacial score (nSPS) is 19.4. The molecule has 1 saturated carbocycles. The minimum absolute atomic E-state index is 0.180. The highest BCUT2D eigenvalue weighted by Crippen LogP contribution is 2.41. The molecule has 0 aromatic heterocycles. The predicted molar refractivity (Wildman–Crippen MR) is 144 cm³/mol. The summed E-state index contributed by atoms with van der Waals surface area (Å²) in [4.78, 5) is 16.5. The number of halogens is 3. The molecule has 2 aromatic rings. The molecule has 0 radical (unpaired) electrons. The highest BCUT2D eigenvalue weighted by molar-refractivity contribution is 5.68. The fraction of sp³-hybridized carbons (Fsp3) is 0.567. The van der Waals surface area contributed by atoms with Gasteiger partial charge in [-0.3, -0.25) is 4.90 Å². The van der Waals surface area contributed by atoms with Gasteiger partial charge < -0.3 is 19.5 Å². The molecule has 1 atom stereocenters. The molecule has 1 aliphatic heterocycles. The van der Waals surface area contributed by atoms with Crippen LogP contribution in [0.25, 0.3) is 11.1 Å². The second kappa shape index (κ2) is 11.8. The molecule has 1 saturated heterocycles. The Bertz CT molecular complexity index is 1120. The zero-order chi connectivity index (χ0) is 28.3. The first-order valence-corrected chi connectivity index (χ1v) is 13.7. The van der Waals surface area contributed by atoms with Gasteiger partial charge in [-0.2, -0.15) is 0 Å². The van der Waals surface area contributed by atoms with E-state index in [1.807, 2.05) is 45.0 Å². The summed E-state index contributed by atoms with van der Waals surface area (Å²) in [5.41, 5.74) is 0.903. The predicted octanol–water partition coefficient (Wildman–Crippen LogP) is 6.58. The van der Waals surface area contributed by atoms with Crippen LogP contribution in [0.5, 0.6) is 5.75 Å². The number of aliphatic hydroxyl groups is 1. The molecular weight excluding hydrogens is 509 g/mol. The van der Waals surface area contributed by atoms with Gasteiger partial charge in [-0.25, -0.2) is 4.79 Å². The highest BCUT2D eigenvalue weighted by atomic mass is 19.4. The summed E-state index contributed by atoms with van der Waals surface area (Å²) in [5, 5.41) is 11.9. The number of alkyl halides is 3. The second-order valence-corrected chi connectivity index (χ2v) is 11.7. The second-order valence-electron chi connectivity index (χ2n) is 11.7. The van der Waals surface area contributed by atoms with E-state index >= 15 is 0 Å². The fourth-order valence-corrected chi connectivity index (χ4v) is 5.60. The maximum Gasteiger partial charge on any atom is 0.573 e. The van der Waals surface area contributed by atoms with Crippen molar-refractivity contribution in [1.82, 2.24) is 9.80 Å². The van der Waals surface area contributed by atoms with Crippen LogP contribution >= 0.6 is 0 Å². The van der Waals surface area contributed by atoms with Crippen molar-refractivity contribution in [2.24, 2.45) is 0 Å². The molecular formula is C30H39F3N2O4. The van der Waals surface area contributed by atoms with Gasteiger partial charge in [0.25, 0.3) is 0 Å². The van der Waals surface area contributed by atoms with Gasteiger partial charge in [0.05, 0.1) is 5.60 Å². The number of amides is 1. The van der Waals surface area contributed by atoms with E-state index in [0.717, 1.165) is 30.4 Å². The summed E-state index contributed by atoms with van der Waals surface area (Å²) in [6, 6.07) is 13.7. The average Bonchev–Trinajstić information content (AvgIpc) is 2.86. The van der Waals surface area contributed by atoms with Crippen molar-refractivity contribution in [3.8, 4) is 16.9 Å². The quantitative estimate of drug-likeness (QED) is 0.442. The molecule has 6 nitrogen and oxygen atoms in total. The van der Waals surface area contributed by atoms with E-state index in [9.17, 15) is 23.1 Å². The fourth-order valence-electron chi connectivity index (χ4n) is 5.60. The Kier molecular flexibility index (Phi) is 8.81. The van der Waals surface area contributed by atoms with E-state index in [2.05, 4.69) is 9.64 Å². The van der Waals surface area contributed by atoms with E-state index in [1.54, 1.807) is 17.0 Å². The van der Waals surface area contributed by atoms with E-state index < -0.39 is 17.6 Å². The van der Waals surface area contributed by atoms with Crippen molar-refractivity contribution < 1.29 is 32.5 Å². The minimum atomic E-state index is -4.76. The number of carbonyl (C=O) groups is 1. The summed E-state index contributed by atoms with van der Waals surface area (Å²) in [5.74, 6) is -0.448. The number of hydrogen-bond donors (Lipinski definition) is 1. The van der Waals surface area contributed by atoms with Gasteiger partial charge in [0.2, 0.25) is 0 Å². The third-order valence-corrected chi connectivity index (χ3v) is 7.52. The lowest BCUT2D eigenvalue weighted by Gasteiger charge is -2.43. The van der Waals surface area contributed by atoms with Gasteiger partial charge >= 0.3 is 12.5 Å². The standard InChI is InChI=1S/C30H39F3N2O4/c1-28(2,3)39-27(36)35-17-15-34(16-18-35)21-26(29(37)13-5-4-6-14-29)24-11-7-9-22(19-24)23-10-8-12-25(20-23)38-30(31,32)33/h7-12,19-20,26,37H,4-6,13-18,21H2,1-3H3. The molecule has 1 amide bonds. The molecule has 0 spiro atoms. The minimum Gasteiger partial charge on any atom is -0.444 e.